The van der Waals surface area contributed by atoms with Crippen LogP contribution in [0, 0.1) is 0 Å². The fourth-order valence-electron chi connectivity index (χ4n) is 3.31. The number of hydrogen-bond donors (Lipinski definition) is 5. The molecule has 150 valence electrons. The van der Waals surface area contributed by atoms with E-state index in [2.05, 4.69) is 14.4 Å². The van der Waals surface area contributed by atoms with Crippen molar-refractivity contribution in [3.05, 3.63) is 23.8 Å². The van der Waals surface area contributed by atoms with Crippen molar-refractivity contribution >= 4 is 28.5 Å². The molecule has 1 aromatic rings. The van der Waals surface area contributed by atoms with Crippen LogP contribution in [-0.4, -0.2) is 51.6 Å². The smallest absolute Gasteiger partial charge is 0.317 e. The van der Waals surface area contributed by atoms with Gasteiger partial charge in [-0.1, -0.05) is 13.0 Å². The minimum absolute atomic E-state index is 0.0144. The van der Waals surface area contributed by atoms with Gasteiger partial charge < -0.3 is 20.7 Å². The third kappa shape index (κ3) is 4.57. The summed E-state index contributed by atoms with van der Waals surface area (Å²) in [6, 6.07) is 5.09. The SMILES string of the molecule is CCCNC(=O)N1CCCCC1COc1cccc2c1C(N)=NS(O)(O)N2. The monoisotopic (exact) mass is 397 g/mol. The van der Waals surface area contributed by atoms with Crippen molar-refractivity contribution in [2.75, 3.05) is 24.4 Å². The minimum Gasteiger partial charge on any atom is -0.491 e. The van der Waals surface area contributed by atoms with Crippen molar-refractivity contribution in [3.8, 4) is 5.75 Å². The normalized spacial score (nSPS) is 22.1. The van der Waals surface area contributed by atoms with E-state index in [1.54, 1.807) is 18.2 Å². The Morgan fingerprint density at radius 2 is 2.30 bits per heavy atom. The number of amidine groups is 1. The first kappa shape index (κ1) is 19.6. The number of benzene rings is 1. The van der Waals surface area contributed by atoms with E-state index >= 15 is 0 Å². The molecule has 0 radical (unpaired) electrons. The van der Waals surface area contributed by atoms with Gasteiger partial charge in [-0.15, -0.1) is 4.40 Å². The van der Waals surface area contributed by atoms with Crippen LogP contribution >= 0.6 is 11.0 Å². The van der Waals surface area contributed by atoms with Gasteiger partial charge in [-0.05, 0) is 48.8 Å². The topological polar surface area (TPSA) is 132 Å². The van der Waals surface area contributed by atoms with Gasteiger partial charge in [0.25, 0.3) is 0 Å². The highest BCUT2D eigenvalue weighted by molar-refractivity contribution is 8.24. The van der Waals surface area contributed by atoms with E-state index in [9.17, 15) is 13.9 Å². The molecule has 0 spiro atoms. The summed E-state index contributed by atoms with van der Waals surface area (Å²) in [5, 5.41) is 2.93. The quantitative estimate of drug-likeness (QED) is 0.519. The lowest BCUT2D eigenvalue weighted by molar-refractivity contribution is 0.116. The average molecular weight is 398 g/mol. The lowest BCUT2D eigenvalue weighted by atomic mass is 10.0. The first-order chi connectivity index (χ1) is 12.9. The summed E-state index contributed by atoms with van der Waals surface area (Å²) in [7, 11) is -3.33. The molecular weight excluding hydrogens is 370 g/mol. The van der Waals surface area contributed by atoms with Crippen LogP contribution in [0.25, 0.3) is 0 Å². The van der Waals surface area contributed by atoms with Crippen molar-refractivity contribution < 1.29 is 18.6 Å². The molecule has 0 aromatic heterocycles. The second-order valence-corrected chi connectivity index (χ2v) is 8.09. The molecule has 1 atom stereocenters. The van der Waals surface area contributed by atoms with E-state index in [4.69, 9.17) is 10.5 Å². The number of fused-ring (bicyclic) bond motifs is 1. The molecule has 2 heterocycles. The van der Waals surface area contributed by atoms with Crippen molar-refractivity contribution in [3.63, 3.8) is 0 Å². The Hall–Kier alpha value is -2.17. The average Bonchev–Trinajstić information content (AvgIpc) is 2.63. The number of carbonyl (C=O) groups excluding carboxylic acids is 1. The number of nitrogens with zero attached hydrogens (tertiary/aromatic N) is 2. The van der Waals surface area contributed by atoms with Crippen LogP contribution in [0.1, 0.15) is 38.2 Å². The van der Waals surface area contributed by atoms with Crippen LogP contribution in [0.15, 0.2) is 22.6 Å². The van der Waals surface area contributed by atoms with E-state index < -0.39 is 11.0 Å². The number of carbonyl (C=O) groups is 1. The number of rotatable bonds is 5. The summed E-state index contributed by atoms with van der Waals surface area (Å²) >= 11 is 0. The zero-order valence-corrected chi connectivity index (χ0v) is 16.2. The van der Waals surface area contributed by atoms with Crippen molar-refractivity contribution in [1.82, 2.24) is 10.2 Å². The Bertz CT molecular complexity index is 727. The van der Waals surface area contributed by atoms with Crippen LogP contribution in [0.5, 0.6) is 5.75 Å². The number of nitrogens with one attached hydrogen (secondary N) is 2. The molecule has 1 aromatic carbocycles. The third-order valence-corrected chi connectivity index (χ3v) is 5.55. The maximum Gasteiger partial charge on any atom is 0.317 e. The Labute approximate surface area is 160 Å². The largest absolute Gasteiger partial charge is 0.491 e. The predicted octanol–water partition coefficient (Wildman–Crippen LogP) is 2.75. The molecule has 9 nitrogen and oxygen atoms in total. The third-order valence-electron chi connectivity index (χ3n) is 4.60. The number of hydrogen-bond acceptors (Lipinski definition) is 7. The summed E-state index contributed by atoms with van der Waals surface area (Å²) < 4.78 is 31.8. The Morgan fingerprint density at radius 3 is 3.07 bits per heavy atom. The molecule has 2 aliphatic heterocycles. The number of ether oxygens (including phenoxy) is 1. The van der Waals surface area contributed by atoms with Gasteiger partial charge in [0, 0.05) is 13.1 Å². The van der Waals surface area contributed by atoms with Gasteiger partial charge in [-0.25, -0.2) is 4.79 Å². The van der Waals surface area contributed by atoms with Crippen LogP contribution in [-0.2, 0) is 0 Å². The molecule has 27 heavy (non-hydrogen) atoms. The molecule has 3 rings (SSSR count). The maximum absolute atomic E-state index is 12.4. The number of likely N-dealkylation sites (tertiary alicyclic amines) is 1. The van der Waals surface area contributed by atoms with Gasteiger partial charge in [0.2, 0.25) is 0 Å². The molecule has 0 bridgehead atoms. The number of anilines is 1. The number of amides is 2. The molecule has 0 aliphatic carbocycles. The van der Waals surface area contributed by atoms with Gasteiger partial charge in [0.05, 0.1) is 17.3 Å². The molecule has 10 heteroatoms. The van der Waals surface area contributed by atoms with Gasteiger partial charge >= 0.3 is 6.03 Å². The van der Waals surface area contributed by atoms with Crippen LogP contribution in [0.2, 0.25) is 0 Å². The van der Waals surface area contributed by atoms with E-state index in [1.165, 1.54) is 0 Å². The molecule has 1 unspecified atom stereocenters. The summed E-state index contributed by atoms with van der Waals surface area (Å²) in [6.45, 7) is 3.72. The zero-order chi connectivity index (χ0) is 19.4. The molecule has 0 saturated carbocycles. The van der Waals surface area contributed by atoms with Gasteiger partial charge in [0.1, 0.15) is 12.4 Å². The van der Waals surface area contributed by atoms with E-state index in [0.717, 1.165) is 25.7 Å². The predicted molar refractivity (Wildman–Crippen MR) is 107 cm³/mol. The number of urea groups is 1. The number of piperidine rings is 1. The van der Waals surface area contributed by atoms with E-state index in [1.807, 2.05) is 11.8 Å². The van der Waals surface area contributed by atoms with Gasteiger partial charge in [-0.3, -0.25) is 13.8 Å². The van der Waals surface area contributed by atoms with E-state index in [0.29, 0.717) is 36.7 Å². The number of nitrogens with two attached hydrogens (primary N) is 1. The van der Waals surface area contributed by atoms with Crippen molar-refractivity contribution in [1.29, 1.82) is 0 Å². The molecule has 2 aliphatic rings. The summed E-state index contributed by atoms with van der Waals surface area (Å²) in [5.74, 6) is 0.510. The van der Waals surface area contributed by atoms with Gasteiger partial charge in [-0.2, -0.15) is 0 Å². The molecular formula is C17H27N5O4S. The van der Waals surface area contributed by atoms with Crippen LogP contribution in [0.4, 0.5) is 10.5 Å². The van der Waals surface area contributed by atoms with Crippen LogP contribution in [0.3, 0.4) is 0 Å². The zero-order valence-electron chi connectivity index (χ0n) is 15.4. The highest BCUT2D eigenvalue weighted by atomic mass is 32.3. The summed E-state index contributed by atoms with van der Waals surface area (Å²) in [4.78, 5) is 14.2. The van der Waals surface area contributed by atoms with E-state index in [-0.39, 0.29) is 17.9 Å². The standard InChI is InChI=1S/C17H27N5O4S/c1-2-9-19-17(23)22-10-4-3-6-12(22)11-26-14-8-5-7-13-15(14)16(18)21-27(24,25)20-13/h5,7-8,12,20,24-25H,2-4,6,9-11H2,1H3,(H2,18,21)(H,19,23). The molecule has 6 N–H and O–H groups in total. The fourth-order valence-corrected chi connectivity index (χ4v) is 4.19. The Morgan fingerprint density at radius 1 is 1.48 bits per heavy atom. The second-order valence-electron chi connectivity index (χ2n) is 6.66. The first-order valence-corrected chi connectivity index (χ1v) is 10.6. The highest BCUT2D eigenvalue weighted by Gasteiger charge is 2.29. The van der Waals surface area contributed by atoms with Crippen molar-refractivity contribution in [2.45, 2.75) is 38.6 Å². The Balaban J connectivity index is 1.72. The lowest BCUT2D eigenvalue weighted by Crippen LogP contribution is -2.51. The maximum atomic E-state index is 12.4. The van der Waals surface area contributed by atoms with Gasteiger partial charge in [0.15, 0.2) is 5.84 Å². The second kappa shape index (κ2) is 8.24. The van der Waals surface area contributed by atoms with Crippen LogP contribution < -0.4 is 20.5 Å². The minimum atomic E-state index is -3.33. The Kier molecular flexibility index (Phi) is 5.98. The molecule has 2 amide bonds. The summed E-state index contributed by atoms with van der Waals surface area (Å²) in [6.07, 6.45) is 3.79. The lowest BCUT2D eigenvalue weighted by Gasteiger charge is -2.36. The highest BCUT2D eigenvalue weighted by Crippen LogP contribution is 2.46. The van der Waals surface area contributed by atoms with Crippen molar-refractivity contribution in [2.24, 2.45) is 10.1 Å². The molecule has 1 saturated heterocycles. The first-order valence-electron chi connectivity index (χ1n) is 9.13. The summed E-state index contributed by atoms with van der Waals surface area (Å²) in [5.41, 5.74) is 6.88. The fraction of sp³-hybridized carbons (Fsp3) is 0.529. The molecule has 1 fully saturated rings.